The number of hydrogen-bond acceptors (Lipinski definition) is 3. The first-order valence-corrected chi connectivity index (χ1v) is 5.98. The van der Waals surface area contributed by atoms with Crippen LogP contribution < -0.4 is 10.3 Å². The van der Waals surface area contributed by atoms with Crippen molar-refractivity contribution in [3.63, 3.8) is 0 Å². The second-order valence-electron chi connectivity index (χ2n) is 3.37. The molecule has 1 aromatic heterocycles. The summed E-state index contributed by atoms with van der Waals surface area (Å²) in [5.41, 5.74) is 1.54. The number of ether oxygens (including phenoxy) is 2. The van der Waals surface area contributed by atoms with E-state index in [1.165, 1.54) is 6.07 Å². The van der Waals surface area contributed by atoms with Gasteiger partial charge >= 0.3 is 0 Å². The van der Waals surface area contributed by atoms with Crippen LogP contribution in [0.25, 0.3) is 11.3 Å². The Bertz CT molecular complexity index is 562. The van der Waals surface area contributed by atoms with E-state index in [0.717, 1.165) is 20.6 Å². The van der Waals surface area contributed by atoms with E-state index in [1.54, 1.807) is 7.11 Å². The van der Waals surface area contributed by atoms with Crippen LogP contribution in [0.15, 0.2) is 29.1 Å². The summed E-state index contributed by atoms with van der Waals surface area (Å²) in [6.45, 7) is 0.219. The maximum atomic E-state index is 11.0. The van der Waals surface area contributed by atoms with E-state index in [4.69, 9.17) is 9.47 Å². The topological polar surface area (TPSA) is 67.1 Å². The molecule has 1 aromatic carbocycles. The van der Waals surface area contributed by atoms with Crippen molar-refractivity contribution >= 4 is 22.6 Å². The van der Waals surface area contributed by atoms with Gasteiger partial charge in [0.2, 0.25) is 0 Å². The number of H-pyrrole nitrogens is 2. The third-order valence-electron chi connectivity index (χ3n) is 2.17. The minimum atomic E-state index is -0.144. The fourth-order valence-electron chi connectivity index (χ4n) is 1.40. The number of halogens is 1. The Morgan fingerprint density at radius 1 is 1.29 bits per heavy atom. The minimum Gasteiger partial charge on any atom is -0.466 e. The Balaban J connectivity index is 2.27. The molecule has 0 amide bonds. The summed E-state index contributed by atoms with van der Waals surface area (Å²) in [6.07, 6.45) is 0. The van der Waals surface area contributed by atoms with Crippen LogP contribution in [0.1, 0.15) is 0 Å². The Morgan fingerprint density at radius 3 is 2.71 bits per heavy atom. The van der Waals surface area contributed by atoms with Crippen molar-refractivity contribution < 1.29 is 9.47 Å². The minimum absolute atomic E-state index is 0.144. The molecule has 0 spiro atoms. The summed E-state index contributed by atoms with van der Waals surface area (Å²) in [5.74, 6) is 0.758. The van der Waals surface area contributed by atoms with E-state index in [2.05, 4.69) is 32.8 Å². The second kappa shape index (κ2) is 5.37. The average Bonchev–Trinajstić information content (AvgIpc) is 2.74. The van der Waals surface area contributed by atoms with Gasteiger partial charge in [-0.2, -0.15) is 0 Å². The van der Waals surface area contributed by atoms with Crippen molar-refractivity contribution in [2.75, 3.05) is 13.9 Å². The van der Waals surface area contributed by atoms with Crippen LogP contribution in [0, 0.1) is 3.57 Å². The van der Waals surface area contributed by atoms with Crippen LogP contribution in [0.4, 0.5) is 0 Å². The molecule has 0 bridgehead atoms. The van der Waals surface area contributed by atoms with Crippen LogP contribution in [0.3, 0.4) is 0 Å². The largest absolute Gasteiger partial charge is 0.466 e. The molecule has 0 fully saturated rings. The van der Waals surface area contributed by atoms with E-state index in [-0.39, 0.29) is 12.4 Å². The van der Waals surface area contributed by atoms with Crippen LogP contribution >= 0.6 is 22.6 Å². The number of benzene rings is 1. The third-order valence-corrected chi connectivity index (χ3v) is 3.01. The van der Waals surface area contributed by atoms with Crippen molar-refractivity contribution in [1.29, 1.82) is 0 Å². The Kier molecular flexibility index (Phi) is 3.85. The van der Waals surface area contributed by atoms with Crippen LogP contribution in [-0.2, 0) is 4.74 Å². The lowest BCUT2D eigenvalue weighted by molar-refractivity contribution is 0.0505. The SMILES string of the molecule is COCOc1ccc(-c2cc(=O)[nH][nH]2)cc1I. The van der Waals surface area contributed by atoms with Crippen molar-refractivity contribution in [1.82, 2.24) is 10.2 Å². The number of nitrogens with one attached hydrogen (secondary N) is 2. The highest BCUT2D eigenvalue weighted by Crippen LogP contribution is 2.26. The van der Waals surface area contributed by atoms with Gasteiger partial charge in [-0.25, -0.2) is 0 Å². The third kappa shape index (κ3) is 2.89. The quantitative estimate of drug-likeness (QED) is 0.657. The zero-order valence-corrected chi connectivity index (χ0v) is 11.3. The number of hydrogen-bond donors (Lipinski definition) is 2. The number of methoxy groups -OCH3 is 1. The Labute approximate surface area is 111 Å². The van der Waals surface area contributed by atoms with Crippen LogP contribution in [0.2, 0.25) is 0 Å². The van der Waals surface area contributed by atoms with Crippen LogP contribution in [0.5, 0.6) is 5.75 Å². The van der Waals surface area contributed by atoms with Gasteiger partial charge in [0.15, 0.2) is 6.79 Å². The highest BCUT2D eigenvalue weighted by Gasteiger charge is 2.05. The highest BCUT2D eigenvalue weighted by atomic mass is 127. The molecular weight excluding hydrogens is 335 g/mol. The molecule has 0 aliphatic rings. The summed E-state index contributed by atoms with van der Waals surface area (Å²) in [5, 5.41) is 5.31. The summed E-state index contributed by atoms with van der Waals surface area (Å²) < 4.78 is 11.2. The molecule has 6 heteroatoms. The maximum Gasteiger partial charge on any atom is 0.264 e. The molecule has 1 heterocycles. The van der Waals surface area contributed by atoms with Crippen molar-refractivity contribution in [3.05, 3.63) is 38.2 Å². The molecule has 2 aromatic rings. The molecule has 5 nitrogen and oxygen atoms in total. The van der Waals surface area contributed by atoms with Gasteiger partial charge in [0.1, 0.15) is 5.75 Å². The molecule has 0 unspecified atom stereocenters. The molecule has 17 heavy (non-hydrogen) atoms. The van der Waals surface area contributed by atoms with Gasteiger partial charge in [-0.1, -0.05) is 0 Å². The number of aromatic amines is 2. The first kappa shape index (κ1) is 12.2. The lowest BCUT2D eigenvalue weighted by Gasteiger charge is -2.07. The monoisotopic (exact) mass is 346 g/mol. The van der Waals surface area contributed by atoms with E-state index >= 15 is 0 Å². The second-order valence-corrected chi connectivity index (χ2v) is 4.53. The number of rotatable bonds is 4. The Morgan fingerprint density at radius 2 is 2.12 bits per heavy atom. The molecule has 0 radical (unpaired) electrons. The molecule has 0 aliphatic heterocycles. The average molecular weight is 346 g/mol. The molecule has 2 rings (SSSR count). The molecular formula is C11H11IN2O3. The predicted molar refractivity (Wildman–Crippen MR) is 72.1 cm³/mol. The van der Waals surface area contributed by atoms with Crippen LogP contribution in [-0.4, -0.2) is 24.1 Å². The molecule has 0 aliphatic carbocycles. The first-order chi connectivity index (χ1) is 8.20. The maximum absolute atomic E-state index is 11.0. The summed E-state index contributed by atoms with van der Waals surface area (Å²) in [6, 6.07) is 7.18. The number of aromatic nitrogens is 2. The van der Waals surface area contributed by atoms with Gasteiger partial charge < -0.3 is 9.47 Å². The molecule has 2 N–H and O–H groups in total. The molecule has 0 saturated carbocycles. The fraction of sp³-hybridized carbons (Fsp3) is 0.182. The van der Waals surface area contributed by atoms with Gasteiger partial charge in [-0.3, -0.25) is 15.0 Å². The molecule has 0 saturated heterocycles. The van der Waals surface area contributed by atoms with Gasteiger partial charge in [-0.15, -0.1) is 0 Å². The zero-order valence-electron chi connectivity index (χ0n) is 9.12. The highest BCUT2D eigenvalue weighted by molar-refractivity contribution is 14.1. The van der Waals surface area contributed by atoms with Gasteiger partial charge in [0.05, 0.1) is 9.26 Å². The van der Waals surface area contributed by atoms with E-state index in [1.807, 2.05) is 18.2 Å². The van der Waals surface area contributed by atoms with Crippen molar-refractivity contribution in [3.8, 4) is 17.0 Å². The zero-order chi connectivity index (χ0) is 12.3. The van der Waals surface area contributed by atoms with Crippen molar-refractivity contribution in [2.45, 2.75) is 0 Å². The lowest BCUT2D eigenvalue weighted by Crippen LogP contribution is -2.00. The van der Waals surface area contributed by atoms with Gasteiger partial charge in [0.25, 0.3) is 5.56 Å². The lowest BCUT2D eigenvalue weighted by atomic mass is 10.1. The fourth-order valence-corrected chi connectivity index (χ4v) is 2.07. The smallest absolute Gasteiger partial charge is 0.264 e. The van der Waals surface area contributed by atoms with Gasteiger partial charge in [-0.05, 0) is 40.8 Å². The normalized spacial score (nSPS) is 10.5. The van der Waals surface area contributed by atoms with E-state index < -0.39 is 0 Å². The Hall–Kier alpha value is -1.28. The molecule has 90 valence electrons. The first-order valence-electron chi connectivity index (χ1n) is 4.90. The standard InChI is InChI=1S/C11H11IN2O3/c1-16-6-17-10-3-2-7(4-8(10)12)9-5-11(15)14-13-9/h2-5H,6H2,1H3,(H2,13,14,15). The van der Waals surface area contributed by atoms with E-state index in [0.29, 0.717) is 0 Å². The molecule has 0 atom stereocenters. The summed E-state index contributed by atoms with van der Waals surface area (Å²) >= 11 is 2.18. The summed E-state index contributed by atoms with van der Waals surface area (Å²) in [7, 11) is 1.58. The van der Waals surface area contributed by atoms with Crippen molar-refractivity contribution in [2.24, 2.45) is 0 Å². The summed E-state index contributed by atoms with van der Waals surface area (Å²) in [4.78, 5) is 11.0. The van der Waals surface area contributed by atoms with E-state index in [9.17, 15) is 4.79 Å². The van der Waals surface area contributed by atoms with Gasteiger partial charge in [0, 0.05) is 18.7 Å². The predicted octanol–water partition coefficient (Wildman–Crippen LogP) is 1.96.